The Kier molecular flexibility index (Phi) is 6.40. The molecular weight excluding hydrogens is 302 g/mol. The van der Waals surface area contributed by atoms with Gasteiger partial charge in [-0.05, 0) is 24.6 Å². The molecule has 1 aliphatic rings. The molecule has 2 N–H and O–H groups in total. The van der Waals surface area contributed by atoms with Gasteiger partial charge in [0.2, 0.25) is 0 Å². The van der Waals surface area contributed by atoms with Crippen molar-refractivity contribution in [2.24, 2.45) is 4.99 Å². The molecule has 0 radical (unpaired) electrons. The highest BCUT2D eigenvalue weighted by molar-refractivity contribution is 6.32. The third-order valence-corrected chi connectivity index (χ3v) is 3.32. The van der Waals surface area contributed by atoms with Crippen LogP contribution in [0.1, 0.15) is 18.9 Å². The summed E-state index contributed by atoms with van der Waals surface area (Å²) >= 11 is 6.28. The lowest BCUT2D eigenvalue weighted by Crippen LogP contribution is -2.37. The maximum Gasteiger partial charge on any atom is 0.191 e. The van der Waals surface area contributed by atoms with Crippen molar-refractivity contribution in [3.8, 4) is 11.5 Å². The maximum atomic E-state index is 6.28. The zero-order valence-electron chi connectivity index (χ0n) is 12.8. The van der Waals surface area contributed by atoms with Gasteiger partial charge in [-0.1, -0.05) is 17.7 Å². The summed E-state index contributed by atoms with van der Waals surface area (Å²) in [5.74, 6) is 2.06. The highest BCUT2D eigenvalue weighted by Gasteiger charge is 2.15. The standard InChI is InChI=1S/C16H22ClN3O2/c1-3-6-19-16(18-4-2)20-11-12-9-13(17)15-14(10-12)21-7-5-8-22-15/h3,9-10H,1,4-8,11H2,2H3,(H2,18,19,20). The summed E-state index contributed by atoms with van der Waals surface area (Å²) in [6, 6.07) is 3.81. The number of nitrogens with one attached hydrogen (secondary N) is 2. The van der Waals surface area contributed by atoms with E-state index in [2.05, 4.69) is 22.2 Å². The molecule has 0 aliphatic carbocycles. The Morgan fingerprint density at radius 3 is 2.95 bits per heavy atom. The van der Waals surface area contributed by atoms with E-state index in [4.69, 9.17) is 21.1 Å². The Morgan fingerprint density at radius 2 is 2.18 bits per heavy atom. The minimum absolute atomic E-state index is 0.503. The van der Waals surface area contributed by atoms with E-state index >= 15 is 0 Å². The second kappa shape index (κ2) is 8.54. The van der Waals surface area contributed by atoms with Crippen LogP contribution in [0.4, 0.5) is 0 Å². The summed E-state index contributed by atoms with van der Waals surface area (Å²) in [6.07, 6.45) is 2.64. The maximum absolute atomic E-state index is 6.28. The summed E-state index contributed by atoms with van der Waals surface area (Å²) in [7, 11) is 0. The summed E-state index contributed by atoms with van der Waals surface area (Å²) in [6.45, 7) is 8.93. The zero-order chi connectivity index (χ0) is 15.8. The van der Waals surface area contributed by atoms with Crippen LogP contribution in [-0.4, -0.2) is 32.3 Å². The summed E-state index contributed by atoms with van der Waals surface area (Å²) < 4.78 is 11.3. The van der Waals surface area contributed by atoms with Crippen LogP contribution < -0.4 is 20.1 Å². The van der Waals surface area contributed by atoms with Crippen LogP contribution in [0.15, 0.2) is 29.8 Å². The van der Waals surface area contributed by atoms with Crippen molar-refractivity contribution in [2.45, 2.75) is 19.9 Å². The monoisotopic (exact) mass is 323 g/mol. The van der Waals surface area contributed by atoms with Crippen molar-refractivity contribution in [3.63, 3.8) is 0 Å². The van der Waals surface area contributed by atoms with Gasteiger partial charge in [0, 0.05) is 19.5 Å². The van der Waals surface area contributed by atoms with E-state index in [0.717, 1.165) is 24.5 Å². The van der Waals surface area contributed by atoms with Crippen LogP contribution in [0.25, 0.3) is 0 Å². The van der Waals surface area contributed by atoms with Gasteiger partial charge in [-0.3, -0.25) is 0 Å². The lowest BCUT2D eigenvalue weighted by atomic mass is 10.2. The average molecular weight is 324 g/mol. The zero-order valence-corrected chi connectivity index (χ0v) is 13.6. The molecule has 120 valence electrons. The fraction of sp³-hybridized carbons (Fsp3) is 0.438. The molecule has 2 rings (SSSR count). The molecule has 0 amide bonds. The molecule has 0 unspecified atom stereocenters. The predicted molar refractivity (Wildman–Crippen MR) is 90.1 cm³/mol. The number of benzene rings is 1. The van der Waals surface area contributed by atoms with Crippen molar-refractivity contribution in [2.75, 3.05) is 26.3 Å². The minimum atomic E-state index is 0.503. The molecule has 22 heavy (non-hydrogen) atoms. The molecule has 1 aromatic carbocycles. The van der Waals surface area contributed by atoms with E-state index in [1.807, 2.05) is 19.1 Å². The van der Waals surface area contributed by atoms with Crippen molar-refractivity contribution in [3.05, 3.63) is 35.4 Å². The smallest absolute Gasteiger partial charge is 0.191 e. The normalized spacial score (nSPS) is 14.2. The molecule has 0 saturated carbocycles. The van der Waals surface area contributed by atoms with E-state index in [-0.39, 0.29) is 0 Å². The Balaban J connectivity index is 2.13. The molecule has 1 heterocycles. The topological polar surface area (TPSA) is 54.9 Å². The summed E-state index contributed by atoms with van der Waals surface area (Å²) in [4.78, 5) is 4.53. The third kappa shape index (κ3) is 4.56. The molecule has 0 atom stereocenters. The van der Waals surface area contributed by atoms with E-state index < -0.39 is 0 Å². The summed E-state index contributed by atoms with van der Waals surface area (Å²) in [5.41, 5.74) is 0.977. The molecule has 1 aromatic rings. The van der Waals surface area contributed by atoms with Gasteiger partial charge >= 0.3 is 0 Å². The van der Waals surface area contributed by atoms with Gasteiger partial charge in [-0.2, -0.15) is 0 Å². The largest absolute Gasteiger partial charge is 0.489 e. The fourth-order valence-electron chi connectivity index (χ4n) is 2.06. The van der Waals surface area contributed by atoms with Crippen LogP contribution in [0.2, 0.25) is 5.02 Å². The lowest BCUT2D eigenvalue weighted by Gasteiger charge is -2.12. The molecular formula is C16H22ClN3O2. The number of ether oxygens (including phenoxy) is 2. The van der Waals surface area contributed by atoms with Gasteiger partial charge in [0.1, 0.15) is 0 Å². The first-order valence-corrected chi connectivity index (χ1v) is 7.83. The lowest BCUT2D eigenvalue weighted by molar-refractivity contribution is 0.297. The second-order valence-electron chi connectivity index (χ2n) is 4.82. The highest BCUT2D eigenvalue weighted by Crippen LogP contribution is 2.38. The van der Waals surface area contributed by atoms with Crippen LogP contribution in [0.5, 0.6) is 11.5 Å². The summed E-state index contributed by atoms with van der Waals surface area (Å²) in [5, 5.41) is 6.90. The van der Waals surface area contributed by atoms with E-state index in [1.165, 1.54) is 0 Å². The van der Waals surface area contributed by atoms with Gasteiger partial charge < -0.3 is 20.1 Å². The molecule has 0 bridgehead atoms. The van der Waals surface area contributed by atoms with Gasteiger partial charge in [0.05, 0.1) is 24.8 Å². The van der Waals surface area contributed by atoms with Crippen LogP contribution in [0, 0.1) is 0 Å². The Hall–Kier alpha value is -1.88. The molecule has 1 aliphatic heterocycles. The molecule has 6 heteroatoms. The number of nitrogens with zero attached hydrogens (tertiary/aromatic N) is 1. The minimum Gasteiger partial charge on any atom is -0.489 e. The van der Waals surface area contributed by atoms with E-state index in [1.54, 1.807) is 6.08 Å². The van der Waals surface area contributed by atoms with Crippen molar-refractivity contribution in [1.29, 1.82) is 0 Å². The van der Waals surface area contributed by atoms with Gasteiger partial charge in [-0.25, -0.2) is 4.99 Å². The number of fused-ring (bicyclic) bond motifs is 1. The molecule has 0 spiro atoms. The van der Waals surface area contributed by atoms with Crippen molar-refractivity contribution >= 4 is 17.6 Å². The van der Waals surface area contributed by atoms with Crippen LogP contribution in [0.3, 0.4) is 0 Å². The quantitative estimate of drug-likeness (QED) is 0.497. The highest BCUT2D eigenvalue weighted by atomic mass is 35.5. The van der Waals surface area contributed by atoms with Crippen molar-refractivity contribution < 1.29 is 9.47 Å². The number of rotatable bonds is 5. The van der Waals surface area contributed by atoms with E-state index in [0.29, 0.717) is 42.8 Å². The number of hydrogen-bond donors (Lipinski definition) is 2. The average Bonchev–Trinajstić information content (AvgIpc) is 2.76. The Morgan fingerprint density at radius 1 is 1.36 bits per heavy atom. The Bertz CT molecular complexity index is 546. The second-order valence-corrected chi connectivity index (χ2v) is 5.23. The number of halogens is 1. The first kappa shape index (κ1) is 16.5. The predicted octanol–water partition coefficient (Wildman–Crippen LogP) is 2.74. The Labute approximate surface area is 136 Å². The third-order valence-electron chi connectivity index (χ3n) is 3.04. The number of aliphatic imine (C=N–C) groups is 1. The van der Waals surface area contributed by atoms with E-state index in [9.17, 15) is 0 Å². The number of hydrogen-bond acceptors (Lipinski definition) is 3. The molecule has 0 fully saturated rings. The molecule has 5 nitrogen and oxygen atoms in total. The van der Waals surface area contributed by atoms with Crippen LogP contribution >= 0.6 is 11.6 Å². The first-order chi connectivity index (χ1) is 10.7. The van der Waals surface area contributed by atoms with Crippen molar-refractivity contribution in [1.82, 2.24) is 10.6 Å². The van der Waals surface area contributed by atoms with Gasteiger partial charge in [0.25, 0.3) is 0 Å². The SMILES string of the molecule is C=CCNC(=NCc1cc(Cl)c2c(c1)OCCCO2)NCC. The van der Waals surface area contributed by atoms with Crippen LogP contribution in [-0.2, 0) is 6.54 Å². The molecule has 0 saturated heterocycles. The van der Waals surface area contributed by atoms with Gasteiger partial charge in [-0.15, -0.1) is 6.58 Å². The first-order valence-electron chi connectivity index (χ1n) is 7.45. The fourth-order valence-corrected chi connectivity index (χ4v) is 2.34. The molecule has 0 aromatic heterocycles. The van der Waals surface area contributed by atoms with Gasteiger partial charge in [0.15, 0.2) is 17.5 Å². The number of guanidine groups is 1.